The minimum absolute atomic E-state index is 0.1000. The van der Waals surface area contributed by atoms with Gasteiger partial charge in [-0.1, -0.05) is 272 Å². The number of rotatable bonds is 13. The van der Waals surface area contributed by atoms with Gasteiger partial charge in [-0.2, -0.15) is 0 Å². The Labute approximate surface area is 534 Å². The summed E-state index contributed by atoms with van der Waals surface area (Å²) >= 11 is 0. The Morgan fingerprint density at radius 2 is 1.41 bits per heavy atom. The van der Waals surface area contributed by atoms with Crippen molar-refractivity contribution in [3.63, 3.8) is 0 Å². The molecule has 450 valence electrons. The first-order valence-corrected chi connectivity index (χ1v) is 31.7. The van der Waals surface area contributed by atoms with E-state index in [1.165, 1.54) is 40.7 Å². The van der Waals surface area contributed by atoms with E-state index in [0.29, 0.717) is 17.5 Å². The van der Waals surface area contributed by atoms with E-state index in [2.05, 4.69) is 259 Å². The standard InChI is InChI=1S/C49H45N3O.C21H20O.C15H18/c1-6-12-35-20-21-36-24-27-38(29-44(36)49(45(35)30-50)42(28-19-32(4)51)33(5)39-13-7-9-16-43(39)49)52(37-25-22-34(23-26-37)31(2)3)46-17-11-15-41-40-14-8-10-18-47(40)53-48(41)46;1-4-5-8-19-18-9-6-7-10-20(18)22-21(19)17-13-11-16(12-14-17)15(2)3;1-13-7-9-15(10-8-13)12-11-14-5-3-2-4-6-14/h6-31,41,48H,1,5,50-51H2,2-4H3;4-15H,1H2,2-3H3;2-7,9-10,13H,8,11-12H2,1H3/b32-19+,35-12-,42-28+,45-30+;8-5-;. The molecule has 0 bridgehead atoms. The van der Waals surface area contributed by atoms with Crippen LogP contribution in [0.3, 0.4) is 0 Å². The topological polar surface area (TPSA) is 77.7 Å². The number of allylic oxidation sites excluding steroid dienone is 18. The van der Waals surface area contributed by atoms with Gasteiger partial charge in [0.25, 0.3) is 0 Å². The van der Waals surface area contributed by atoms with Gasteiger partial charge in [0.05, 0.1) is 11.1 Å². The molecular formula is C85H83N3O2. The van der Waals surface area contributed by atoms with Crippen molar-refractivity contribution in [3.8, 4) is 17.1 Å². The number of para-hydroxylation sites is 2. The van der Waals surface area contributed by atoms with Crippen LogP contribution in [0.25, 0.3) is 40.0 Å². The Hall–Kier alpha value is -10.1. The number of benzene rings is 7. The van der Waals surface area contributed by atoms with E-state index in [9.17, 15) is 0 Å². The van der Waals surface area contributed by atoms with Gasteiger partial charge < -0.3 is 25.5 Å². The number of anilines is 2. The van der Waals surface area contributed by atoms with Crippen LogP contribution >= 0.6 is 0 Å². The zero-order valence-electron chi connectivity index (χ0n) is 53.0. The van der Waals surface area contributed by atoms with Gasteiger partial charge in [-0.3, -0.25) is 0 Å². The first kappa shape index (κ1) is 61.5. The second-order valence-electron chi connectivity index (χ2n) is 24.5. The van der Waals surface area contributed by atoms with Gasteiger partial charge in [0.2, 0.25) is 0 Å². The van der Waals surface area contributed by atoms with Crippen LogP contribution in [-0.4, -0.2) is 6.10 Å². The molecule has 5 nitrogen and oxygen atoms in total. The Kier molecular flexibility index (Phi) is 18.8. The number of hydrogen-bond donors (Lipinski definition) is 2. The molecule has 5 aliphatic rings. The fourth-order valence-corrected chi connectivity index (χ4v) is 13.1. The smallest absolute Gasteiger partial charge is 0.149 e. The third-order valence-electron chi connectivity index (χ3n) is 17.8. The Morgan fingerprint density at radius 1 is 0.711 bits per heavy atom. The van der Waals surface area contributed by atoms with Crippen molar-refractivity contribution in [1.82, 2.24) is 0 Å². The second kappa shape index (κ2) is 27.5. The molecule has 1 aromatic heterocycles. The minimum Gasteiger partial charge on any atom is -0.483 e. The third-order valence-corrected chi connectivity index (χ3v) is 17.8. The van der Waals surface area contributed by atoms with Crippen LogP contribution in [0.2, 0.25) is 0 Å². The Balaban J connectivity index is 0.000000182. The van der Waals surface area contributed by atoms with Gasteiger partial charge in [-0.15, -0.1) is 0 Å². The SMILES string of the molecule is C=C/C=C1/C=Cc2ccc(N(C3=CC=CC4c5ccccc5OC34)c3ccc(C(C)C)cc3)cc2C2(/C(=C/C=C(\C)N)C(=C)c3ccccc32)/C1=C/N.C=C/C=C\c1c(-c2ccc(C(C)C)cc2)oc2ccccc12.CC1C=CC(CCc2ccccc2)=CC1. The third kappa shape index (κ3) is 12.5. The molecule has 0 saturated carbocycles. The molecule has 13 rings (SSSR count). The number of furan rings is 1. The van der Waals surface area contributed by atoms with Crippen LogP contribution in [-0.2, 0) is 11.8 Å². The van der Waals surface area contributed by atoms with Crippen LogP contribution in [0.4, 0.5) is 11.4 Å². The first-order valence-electron chi connectivity index (χ1n) is 31.7. The summed E-state index contributed by atoms with van der Waals surface area (Å²) in [5.74, 6) is 3.61. The zero-order valence-corrected chi connectivity index (χ0v) is 53.0. The lowest BCUT2D eigenvalue weighted by atomic mass is 9.64. The number of nitrogens with two attached hydrogens (primary N) is 2. The monoisotopic (exact) mass is 1180 g/mol. The molecule has 1 spiro atoms. The highest BCUT2D eigenvalue weighted by Crippen LogP contribution is 2.61. The van der Waals surface area contributed by atoms with Gasteiger partial charge >= 0.3 is 0 Å². The number of nitrogens with zero attached hydrogens (tertiary/aromatic N) is 1. The fraction of sp³-hybridized carbons (Fsp3) is 0.176. The molecule has 0 fully saturated rings. The average Bonchev–Trinajstić information content (AvgIpc) is 1.51. The Morgan fingerprint density at radius 3 is 2.12 bits per heavy atom. The van der Waals surface area contributed by atoms with Crippen molar-refractivity contribution in [1.29, 1.82) is 0 Å². The molecule has 4 N–H and O–H groups in total. The van der Waals surface area contributed by atoms with Crippen molar-refractivity contribution in [2.45, 2.75) is 90.1 Å². The van der Waals surface area contributed by atoms with Crippen LogP contribution < -0.4 is 21.1 Å². The van der Waals surface area contributed by atoms with E-state index in [-0.39, 0.29) is 12.0 Å². The molecule has 0 radical (unpaired) electrons. The minimum atomic E-state index is -0.811. The number of aryl methyl sites for hydroxylation is 1. The highest BCUT2D eigenvalue weighted by molar-refractivity contribution is 5.97. The summed E-state index contributed by atoms with van der Waals surface area (Å²) in [7, 11) is 0. The largest absolute Gasteiger partial charge is 0.483 e. The van der Waals surface area contributed by atoms with Gasteiger partial charge in [0, 0.05) is 45.1 Å². The molecule has 2 heterocycles. The molecule has 4 atom stereocenters. The number of hydrogen-bond acceptors (Lipinski definition) is 5. The van der Waals surface area contributed by atoms with Crippen LogP contribution in [0.5, 0.6) is 5.75 Å². The van der Waals surface area contributed by atoms with E-state index < -0.39 is 5.41 Å². The lowest BCUT2D eigenvalue weighted by molar-refractivity contribution is 0.253. The van der Waals surface area contributed by atoms with E-state index in [1.807, 2.05) is 55.5 Å². The molecule has 4 unspecified atom stereocenters. The van der Waals surface area contributed by atoms with Crippen LogP contribution in [0, 0.1) is 5.92 Å². The van der Waals surface area contributed by atoms with Crippen molar-refractivity contribution in [2.24, 2.45) is 17.4 Å². The predicted molar refractivity (Wildman–Crippen MR) is 383 cm³/mol. The lowest BCUT2D eigenvalue weighted by Gasteiger charge is -2.38. The quantitative estimate of drug-likeness (QED) is 0.113. The summed E-state index contributed by atoms with van der Waals surface area (Å²) in [6.45, 7) is 25.6. The van der Waals surface area contributed by atoms with Crippen molar-refractivity contribution >= 4 is 40.1 Å². The maximum absolute atomic E-state index is 6.79. The van der Waals surface area contributed by atoms with Crippen molar-refractivity contribution < 1.29 is 9.15 Å². The van der Waals surface area contributed by atoms with Crippen molar-refractivity contribution in [3.05, 3.63) is 359 Å². The highest BCUT2D eigenvalue weighted by atomic mass is 16.5. The van der Waals surface area contributed by atoms with Gasteiger partial charge in [0.1, 0.15) is 23.2 Å². The number of fused-ring (bicyclic) bond motifs is 8. The summed E-state index contributed by atoms with van der Waals surface area (Å²) in [5, 5.41) is 1.13. The molecule has 8 aromatic rings. The van der Waals surface area contributed by atoms with Gasteiger partial charge in [0.15, 0.2) is 0 Å². The van der Waals surface area contributed by atoms with Gasteiger partial charge in [-0.05, 0) is 160 Å². The van der Waals surface area contributed by atoms with Crippen molar-refractivity contribution in [2.75, 3.05) is 4.90 Å². The zero-order chi connectivity index (χ0) is 62.9. The maximum atomic E-state index is 6.79. The molecule has 90 heavy (non-hydrogen) atoms. The molecule has 7 aromatic carbocycles. The van der Waals surface area contributed by atoms with E-state index in [1.54, 1.807) is 12.3 Å². The summed E-state index contributed by atoms with van der Waals surface area (Å²) in [4.78, 5) is 2.37. The molecular weight excluding hydrogens is 1090 g/mol. The molecule has 0 saturated heterocycles. The van der Waals surface area contributed by atoms with E-state index in [4.69, 9.17) is 27.2 Å². The molecule has 1 aliphatic heterocycles. The highest BCUT2D eigenvalue weighted by Gasteiger charge is 2.51. The van der Waals surface area contributed by atoms with Gasteiger partial charge in [-0.25, -0.2) is 0 Å². The fourth-order valence-electron chi connectivity index (χ4n) is 13.1. The summed E-state index contributed by atoms with van der Waals surface area (Å²) in [5.41, 5.74) is 34.3. The normalized spacial score (nSPS) is 20.0. The lowest BCUT2D eigenvalue weighted by Crippen LogP contribution is -2.34. The molecule has 4 aliphatic carbocycles. The second-order valence-corrected chi connectivity index (χ2v) is 24.5. The molecule has 0 amide bonds. The average molecular weight is 1180 g/mol. The summed E-state index contributed by atoms with van der Waals surface area (Å²) in [6.07, 6.45) is 36.8. The predicted octanol–water partition coefficient (Wildman–Crippen LogP) is 21.6. The molecule has 5 heteroatoms. The maximum Gasteiger partial charge on any atom is 0.149 e. The van der Waals surface area contributed by atoms with E-state index >= 15 is 0 Å². The van der Waals surface area contributed by atoms with Crippen LogP contribution in [0.15, 0.2) is 313 Å². The van der Waals surface area contributed by atoms with E-state index in [0.717, 1.165) is 108 Å². The van der Waals surface area contributed by atoms with Crippen LogP contribution in [0.1, 0.15) is 122 Å². The summed E-state index contributed by atoms with van der Waals surface area (Å²) in [6, 6.07) is 60.1. The Bertz CT molecular complexity index is 4290. The first-order chi connectivity index (χ1) is 43.8. The number of ether oxygens (including phenoxy) is 1. The summed E-state index contributed by atoms with van der Waals surface area (Å²) < 4.78 is 12.9.